The van der Waals surface area contributed by atoms with Gasteiger partial charge in [-0.25, -0.2) is 13.4 Å². The Labute approximate surface area is 189 Å². The third-order valence-electron chi connectivity index (χ3n) is 5.97. The molecule has 8 nitrogen and oxygen atoms in total. The van der Waals surface area contributed by atoms with Crippen molar-refractivity contribution in [1.82, 2.24) is 14.6 Å². The molecule has 0 saturated carbocycles. The van der Waals surface area contributed by atoms with Crippen LogP contribution in [0.4, 0.5) is 5.82 Å². The summed E-state index contributed by atoms with van der Waals surface area (Å²) in [5, 5.41) is 2.87. The molecule has 1 aromatic heterocycles. The number of ether oxygens (including phenoxy) is 1. The van der Waals surface area contributed by atoms with E-state index in [0.29, 0.717) is 44.3 Å². The van der Waals surface area contributed by atoms with Gasteiger partial charge in [-0.3, -0.25) is 4.79 Å². The number of nitrogens with zero attached hydrogens (tertiary/aromatic N) is 3. The lowest BCUT2D eigenvalue weighted by atomic mass is 10.0. The van der Waals surface area contributed by atoms with E-state index >= 15 is 0 Å². The standard InChI is InChI=1S/C23H30N4O4S/c1-18-3-2-10-27(17-18)32(29,30)21-7-5-20(6-8-21)23(28)25-16-19-4-9-22(24-15-19)26-11-13-31-14-12-26/h4-9,15,18H,2-3,10-14,16-17H2,1H3,(H,25,28). The molecule has 172 valence electrons. The molecule has 0 aliphatic carbocycles. The molecule has 2 saturated heterocycles. The first-order chi connectivity index (χ1) is 15.4. The van der Waals surface area contributed by atoms with Crippen LogP contribution in [0.15, 0.2) is 47.5 Å². The highest BCUT2D eigenvalue weighted by atomic mass is 32.2. The van der Waals surface area contributed by atoms with Crippen LogP contribution in [-0.2, 0) is 21.3 Å². The predicted octanol–water partition coefficient (Wildman–Crippen LogP) is 2.27. The average molecular weight is 459 g/mol. The number of hydrogen-bond donors (Lipinski definition) is 1. The van der Waals surface area contributed by atoms with Crippen molar-refractivity contribution in [2.75, 3.05) is 44.3 Å². The third-order valence-corrected chi connectivity index (χ3v) is 7.85. The Bertz CT molecular complexity index is 1020. The SMILES string of the molecule is CC1CCCN(S(=O)(=O)c2ccc(C(=O)NCc3ccc(N4CCOCC4)nc3)cc2)C1. The van der Waals surface area contributed by atoms with Gasteiger partial charge in [-0.1, -0.05) is 13.0 Å². The monoisotopic (exact) mass is 458 g/mol. The van der Waals surface area contributed by atoms with E-state index < -0.39 is 10.0 Å². The summed E-state index contributed by atoms with van der Waals surface area (Å²) in [4.78, 5) is 19.4. The zero-order valence-corrected chi connectivity index (χ0v) is 19.2. The Morgan fingerprint density at radius 2 is 1.88 bits per heavy atom. The van der Waals surface area contributed by atoms with Crippen LogP contribution in [0.1, 0.15) is 35.7 Å². The molecule has 2 aromatic rings. The van der Waals surface area contributed by atoms with Crippen LogP contribution < -0.4 is 10.2 Å². The maximum absolute atomic E-state index is 12.9. The summed E-state index contributed by atoms with van der Waals surface area (Å²) in [6.07, 6.45) is 3.69. The molecule has 3 heterocycles. The molecule has 1 atom stereocenters. The molecule has 32 heavy (non-hydrogen) atoms. The van der Waals surface area contributed by atoms with Crippen molar-refractivity contribution in [1.29, 1.82) is 0 Å². The Hall–Kier alpha value is -2.49. The minimum Gasteiger partial charge on any atom is -0.378 e. The number of benzene rings is 1. The van der Waals surface area contributed by atoms with E-state index in [9.17, 15) is 13.2 Å². The number of amides is 1. The number of piperidine rings is 1. The van der Waals surface area contributed by atoms with E-state index in [1.165, 1.54) is 12.1 Å². The van der Waals surface area contributed by atoms with E-state index in [2.05, 4.69) is 22.1 Å². The Balaban J connectivity index is 1.34. The summed E-state index contributed by atoms with van der Waals surface area (Å²) in [6, 6.07) is 10.1. The summed E-state index contributed by atoms with van der Waals surface area (Å²) >= 11 is 0. The molecule has 9 heteroatoms. The number of anilines is 1. The van der Waals surface area contributed by atoms with Gasteiger partial charge in [-0.05, 0) is 54.7 Å². The number of morpholine rings is 1. The van der Waals surface area contributed by atoms with E-state index in [4.69, 9.17) is 4.74 Å². The molecular formula is C23H30N4O4S. The second-order valence-corrected chi connectivity index (χ2v) is 10.4. The second kappa shape index (κ2) is 9.97. The topological polar surface area (TPSA) is 91.8 Å². The van der Waals surface area contributed by atoms with Crippen molar-refractivity contribution >= 4 is 21.7 Å². The summed E-state index contributed by atoms with van der Waals surface area (Å²) < 4.78 is 32.7. The normalized spacial score (nSPS) is 20.2. The second-order valence-electron chi connectivity index (χ2n) is 8.44. The number of carbonyl (C=O) groups is 1. The maximum Gasteiger partial charge on any atom is 0.251 e. The van der Waals surface area contributed by atoms with Gasteiger partial charge in [-0.2, -0.15) is 4.31 Å². The lowest BCUT2D eigenvalue weighted by Crippen LogP contribution is -2.39. The number of hydrogen-bond acceptors (Lipinski definition) is 6. The van der Waals surface area contributed by atoms with Crippen LogP contribution >= 0.6 is 0 Å². The summed E-state index contributed by atoms with van der Waals surface area (Å²) in [6.45, 7) is 6.57. The van der Waals surface area contributed by atoms with Gasteiger partial charge in [0, 0.05) is 44.5 Å². The largest absolute Gasteiger partial charge is 0.378 e. The fourth-order valence-corrected chi connectivity index (χ4v) is 5.68. The first kappa shape index (κ1) is 22.7. The summed E-state index contributed by atoms with van der Waals surface area (Å²) in [7, 11) is -3.52. The van der Waals surface area contributed by atoms with E-state index in [0.717, 1.165) is 37.3 Å². The predicted molar refractivity (Wildman–Crippen MR) is 122 cm³/mol. The molecular weight excluding hydrogens is 428 g/mol. The Kier molecular flexibility index (Phi) is 7.07. The molecule has 0 bridgehead atoms. The van der Waals surface area contributed by atoms with Crippen LogP contribution in [-0.4, -0.2) is 63.0 Å². The minimum absolute atomic E-state index is 0.228. The zero-order valence-electron chi connectivity index (χ0n) is 18.4. The zero-order chi connectivity index (χ0) is 22.6. The lowest BCUT2D eigenvalue weighted by Gasteiger charge is -2.30. The van der Waals surface area contributed by atoms with Crippen molar-refractivity contribution in [2.24, 2.45) is 5.92 Å². The number of pyridine rings is 1. The highest BCUT2D eigenvalue weighted by molar-refractivity contribution is 7.89. The van der Waals surface area contributed by atoms with Gasteiger partial charge in [0.25, 0.3) is 5.91 Å². The van der Waals surface area contributed by atoms with Crippen molar-refractivity contribution in [2.45, 2.75) is 31.2 Å². The van der Waals surface area contributed by atoms with Crippen molar-refractivity contribution in [3.8, 4) is 0 Å². The smallest absolute Gasteiger partial charge is 0.251 e. The first-order valence-electron chi connectivity index (χ1n) is 11.1. The van der Waals surface area contributed by atoms with Crippen LogP contribution in [0.2, 0.25) is 0 Å². The summed E-state index contributed by atoms with van der Waals surface area (Å²) in [5.41, 5.74) is 1.32. The third kappa shape index (κ3) is 5.28. The molecule has 1 N–H and O–H groups in total. The molecule has 2 fully saturated rings. The van der Waals surface area contributed by atoms with Crippen LogP contribution in [0, 0.1) is 5.92 Å². The molecule has 2 aliphatic heterocycles. The first-order valence-corrected chi connectivity index (χ1v) is 12.5. The highest BCUT2D eigenvalue weighted by Gasteiger charge is 2.28. The van der Waals surface area contributed by atoms with Gasteiger partial charge >= 0.3 is 0 Å². The van der Waals surface area contributed by atoms with Gasteiger partial charge in [0.15, 0.2) is 0 Å². The number of nitrogens with one attached hydrogen (secondary N) is 1. The number of aromatic nitrogens is 1. The Morgan fingerprint density at radius 3 is 2.53 bits per heavy atom. The molecule has 0 radical (unpaired) electrons. The molecule has 1 unspecified atom stereocenters. The van der Waals surface area contributed by atoms with Gasteiger partial charge in [0.1, 0.15) is 5.82 Å². The molecule has 2 aliphatic rings. The summed E-state index contributed by atoms with van der Waals surface area (Å²) in [5.74, 6) is 1.02. The molecule has 0 spiro atoms. The Morgan fingerprint density at radius 1 is 1.12 bits per heavy atom. The lowest BCUT2D eigenvalue weighted by molar-refractivity contribution is 0.0950. The quantitative estimate of drug-likeness (QED) is 0.714. The average Bonchev–Trinajstić information content (AvgIpc) is 2.83. The van der Waals surface area contributed by atoms with Gasteiger partial charge in [0.2, 0.25) is 10.0 Å². The van der Waals surface area contributed by atoms with Crippen LogP contribution in [0.3, 0.4) is 0 Å². The maximum atomic E-state index is 12.9. The van der Waals surface area contributed by atoms with Crippen LogP contribution in [0.25, 0.3) is 0 Å². The number of carbonyl (C=O) groups excluding carboxylic acids is 1. The van der Waals surface area contributed by atoms with Crippen molar-refractivity contribution in [3.63, 3.8) is 0 Å². The van der Waals surface area contributed by atoms with Gasteiger partial charge < -0.3 is 15.0 Å². The van der Waals surface area contributed by atoms with E-state index in [1.54, 1.807) is 22.6 Å². The fourth-order valence-electron chi connectivity index (χ4n) is 4.08. The minimum atomic E-state index is -3.52. The van der Waals surface area contributed by atoms with Crippen LogP contribution in [0.5, 0.6) is 0 Å². The van der Waals surface area contributed by atoms with Gasteiger partial charge in [0.05, 0.1) is 18.1 Å². The van der Waals surface area contributed by atoms with E-state index in [-0.39, 0.29) is 10.8 Å². The van der Waals surface area contributed by atoms with Crippen molar-refractivity contribution < 1.29 is 17.9 Å². The number of rotatable bonds is 6. The van der Waals surface area contributed by atoms with Crippen molar-refractivity contribution in [3.05, 3.63) is 53.7 Å². The fraction of sp³-hybridized carbons (Fsp3) is 0.478. The highest BCUT2D eigenvalue weighted by Crippen LogP contribution is 2.23. The van der Waals surface area contributed by atoms with E-state index in [1.807, 2.05) is 12.1 Å². The molecule has 1 amide bonds. The molecule has 1 aromatic carbocycles. The molecule has 4 rings (SSSR count). The van der Waals surface area contributed by atoms with Gasteiger partial charge in [-0.15, -0.1) is 0 Å². The number of sulfonamides is 1.